The predicted octanol–water partition coefficient (Wildman–Crippen LogP) is 3.38. The number of rotatable bonds is 10. The van der Waals surface area contributed by atoms with Gasteiger partial charge in [0.2, 0.25) is 0 Å². The van der Waals surface area contributed by atoms with Gasteiger partial charge in [0.25, 0.3) is 0 Å². The molecule has 0 amide bonds. The summed E-state index contributed by atoms with van der Waals surface area (Å²) in [7, 11) is 1.81. The summed E-state index contributed by atoms with van der Waals surface area (Å²) in [4.78, 5) is 16.9. The Morgan fingerprint density at radius 3 is 2.92 bits per heavy atom. The molecule has 2 aliphatic rings. The molecule has 0 aliphatic carbocycles. The standard InChI is InChI=1S/C29H37N5O3/c1-20-27(13-21-9-12-36-18-21)32-28(22-5-3-7-26(14-22)37-19-25(35)16-30-2)33-29(20)34-11-8-24(17-34)23-6-4-10-31-15-23/h3-7,10,14-15,21,24-25,30,35H,8-9,11-13,16-19H2,1-2H3/t21-,24?,25?/m0/s1. The number of hydrogen-bond acceptors (Lipinski definition) is 8. The third-order valence-corrected chi connectivity index (χ3v) is 7.34. The van der Waals surface area contributed by atoms with E-state index in [1.165, 1.54) is 5.56 Å². The van der Waals surface area contributed by atoms with Crippen LogP contribution in [0.1, 0.15) is 35.6 Å². The van der Waals surface area contributed by atoms with E-state index in [0.717, 1.165) is 68.2 Å². The van der Waals surface area contributed by atoms with Crippen molar-refractivity contribution in [3.05, 3.63) is 65.6 Å². The Balaban J connectivity index is 1.43. The lowest BCUT2D eigenvalue weighted by atomic mass is 9.99. The van der Waals surface area contributed by atoms with Crippen LogP contribution in [0.4, 0.5) is 5.82 Å². The van der Waals surface area contributed by atoms with Gasteiger partial charge in [-0.2, -0.15) is 0 Å². The largest absolute Gasteiger partial charge is 0.491 e. The summed E-state index contributed by atoms with van der Waals surface area (Å²) < 4.78 is 11.5. The summed E-state index contributed by atoms with van der Waals surface area (Å²) in [6, 6.07) is 12.0. The molecule has 8 nitrogen and oxygen atoms in total. The van der Waals surface area contributed by atoms with Gasteiger partial charge < -0.3 is 24.8 Å². The Hall–Kier alpha value is -3.07. The maximum atomic E-state index is 10.0. The molecule has 2 fully saturated rings. The van der Waals surface area contributed by atoms with Crippen molar-refractivity contribution < 1.29 is 14.6 Å². The molecule has 37 heavy (non-hydrogen) atoms. The Morgan fingerprint density at radius 2 is 2.14 bits per heavy atom. The van der Waals surface area contributed by atoms with Crippen molar-refractivity contribution in [3.8, 4) is 17.1 Å². The molecule has 8 heteroatoms. The highest BCUT2D eigenvalue weighted by atomic mass is 16.5. The van der Waals surface area contributed by atoms with Gasteiger partial charge in [0.1, 0.15) is 24.3 Å². The molecule has 5 rings (SSSR count). The highest BCUT2D eigenvalue weighted by Crippen LogP contribution is 2.34. The van der Waals surface area contributed by atoms with Crippen LogP contribution in [0.15, 0.2) is 48.8 Å². The van der Waals surface area contributed by atoms with E-state index < -0.39 is 6.10 Å². The summed E-state index contributed by atoms with van der Waals surface area (Å²) >= 11 is 0. The molecule has 4 heterocycles. The average Bonchev–Trinajstić information content (AvgIpc) is 3.62. The molecular weight excluding hydrogens is 466 g/mol. The smallest absolute Gasteiger partial charge is 0.161 e. The van der Waals surface area contributed by atoms with E-state index in [9.17, 15) is 5.11 Å². The first-order valence-corrected chi connectivity index (χ1v) is 13.3. The third kappa shape index (κ3) is 6.26. The zero-order valence-corrected chi connectivity index (χ0v) is 21.8. The lowest BCUT2D eigenvalue weighted by molar-refractivity contribution is 0.108. The monoisotopic (exact) mass is 503 g/mol. The number of aliphatic hydroxyl groups excluding tert-OH is 1. The van der Waals surface area contributed by atoms with Gasteiger partial charge in [0.05, 0.1) is 0 Å². The first-order chi connectivity index (χ1) is 18.1. The highest BCUT2D eigenvalue weighted by Gasteiger charge is 2.28. The van der Waals surface area contributed by atoms with Crippen LogP contribution in [0.5, 0.6) is 5.75 Å². The van der Waals surface area contributed by atoms with E-state index in [2.05, 4.69) is 28.2 Å². The van der Waals surface area contributed by atoms with Crippen LogP contribution in [0.3, 0.4) is 0 Å². The molecule has 2 aromatic heterocycles. The fraction of sp³-hybridized carbons (Fsp3) is 0.483. The molecule has 2 aliphatic heterocycles. The van der Waals surface area contributed by atoms with Crippen molar-refractivity contribution in [2.75, 3.05) is 51.4 Å². The van der Waals surface area contributed by atoms with Gasteiger partial charge in [0, 0.05) is 68.0 Å². The first kappa shape index (κ1) is 25.6. The maximum absolute atomic E-state index is 10.0. The average molecular weight is 504 g/mol. The van der Waals surface area contributed by atoms with Crippen molar-refractivity contribution in [3.63, 3.8) is 0 Å². The summed E-state index contributed by atoms with van der Waals surface area (Å²) in [6.07, 6.45) is 6.28. The van der Waals surface area contributed by atoms with Gasteiger partial charge in [-0.05, 0) is 62.9 Å². The number of pyridine rings is 1. The number of nitrogens with one attached hydrogen (secondary N) is 1. The zero-order chi connectivity index (χ0) is 25.6. The molecule has 2 saturated heterocycles. The van der Waals surface area contributed by atoms with E-state index >= 15 is 0 Å². The lowest BCUT2D eigenvalue weighted by Crippen LogP contribution is -2.29. The topological polar surface area (TPSA) is 92.6 Å². The van der Waals surface area contributed by atoms with E-state index in [-0.39, 0.29) is 6.61 Å². The van der Waals surface area contributed by atoms with Crippen molar-refractivity contribution in [1.82, 2.24) is 20.3 Å². The van der Waals surface area contributed by atoms with Gasteiger partial charge in [-0.3, -0.25) is 4.98 Å². The molecule has 0 spiro atoms. The number of likely N-dealkylation sites (N-methyl/N-ethyl adjacent to an activating group) is 1. The van der Waals surface area contributed by atoms with Crippen molar-refractivity contribution >= 4 is 5.82 Å². The van der Waals surface area contributed by atoms with Crippen LogP contribution in [-0.4, -0.2) is 72.7 Å². The predicted molar refractivity (Wildman–Crippen MR) is 144 cm³/mol. The fourth-order valence-electron chi connectivity index (χ4n) is 5.26. The number of hydrogen-bond donors (Lipinski definition) is 2. The minimum Gasteiger partial charge on any atom is -0.491 e. The fourth-order valence-corrected chi connectivity index (χ4v) is 5.26. The maximum Gasteiger partial charge on any atom is 0.161 e. The number of nitrogens with zero attached hydrogens (tertiary/aromatic N) is 4. The first-order valence-electron chi connectivity index (χ1n) is 13.3. The molecule has 1 aromatic carbocycles. The molecule has 3 atom stereocenters. The van der Waals surface area contributed by atoms with Gasteiger partial charge in [0.15, 0.2) is 5.82 Å². The number of anilines is 1. The van der Waals surface area contributed by atoms with Crippen LogP contribution in [0.2, 0.25) is 0 Å². The molecule has 0 radical (unpaired) electrons. The van der Waals surface area contributed by atoms with E-state index in [4.69, 9.17) is 19.4 Å². The van der Waals surface area contributed by atoms with Crippen LogP contribution >= 0.6 is 0 Å². The quantitative estimate of drug-likeness (QED) is 0.435. The van der Waals surface area contributed by atoms with Crippen molar-refractivity contribution in [2.24, 2.45) is 5.92 Å². The second-order valence-corrected chi connectivity index (χ2v) is 10.1. The van der Waals surface area contributed by atoms with Gasteiger partial charge in [-0.15, -0.1) is 0 Å². The summed E-state index contributed by atoms with van der Waals surface area (Å²) in [5, 5.41) is 13.0. The summed E-state index contributed by atoms with van der Waals surface area (Å²) in [5.41, 5.74) is 4.44. The Labute approximate surface area is 219 Å². The molecule has 0 bridgehead atoms. The Morgan fingerprint density at radius 1 is 1.22 bits per heavy atom. The SMILES string of the molecule is CNCC(O)COc1cccc(-c2nc(C[C@@H]3CCOC3)c(C)c(N3CCC(c4cccnc4)C3)n2)c1. The molecule has 196 valence electrons. The second kappa shape index (κ2) is 12.0. The Bertz CT molecular complexity index is 1170. The summed E-state index contributed by atoms with van der Waals surface area (Å²) in [5.74, 6) is 3.35. The van der Waals surface area contributed by atoms with E-state index in [1.54, 1.807) is 0 Å². The second-order valence-electron chi connectivity index (χ2n) is 10.1. The number of ether oxygens (including phenoxy) is 2. The Kier molecular flexibility index (Phi) is 8.28. The zero-order valence-electron chi connectivity index (χ0n) is 21.8. The van der Waals surface area contributed by atoms with Crippen LogP contribution < -0.4 is 15.0 Å². The molecule has 0 saturated carbocycles. The number of aromatic nitrogens is 3. The van der Waals surface area contributed by atoms with Gasteiger partial charge >= 0.3 is 0 Å². The molecule has 3 aromatic rings. The van der Waals surface area contributed by atoms with E-state index in [0.29, 0.717) is 30.0 Å². The van der Waals surface area contributed by atoms with Crippen LogP contribution in [-0.2, 0) is 11.2 Å². The lowest BCUT2D eigenvalue weighted by Gasteiger charge is -2.23. The molecule has 2 unspecified atom stereocenters. The molecular formula is C29H37N5O3. The minimum atomic E-state index is -0.570. The van der Waals surface area contributed by atoms with Gasteiger partial charge in [-0.1, -0.05) is 18.2 Å². The molecule has 2 N–H and O–H groups in total. The van der Waals surface area contributed by atoms with Crippen molar-refractivity contribution in [2.45, 2.75) is 38.2 Å². The highest BCUT2D eigenvalue weighted by molar-refractivity contribution is 5.62. The van der Waals surface area contributed by atoms with E-state index in [1.807, 2.05) is 49.8 Å². The van der Waals surface area contributed by atoms with Crippen LogP contribution in [0.25, 0.3) is 11.4 Å². The minimum absolute atomic E-state index is 0.223. The van der Waals surface area contributed by atoms with Gasteiger partial charge in [-0.25, -0.2) is 9.97 Å². The number of aliphatic hydroxyl groups is 1. The summed E-state index contributed by atoms with van der Waals surface area (Å²) in [6.45, 7) is 6.35. The van der Waals surface area contributed by atoms with Crippen molar-refractivity contribution in [1.29, 1.82) is 0 Å². The van der Waals surface area contributed by atoms with Crippen LogP contribution in [0, 0.1) is 12.8 Å². The normalized spacial score (nSPS) is 20.4. The third-order valence-electron chi connectivity index (χ3n) is 7.34. The number of benzene rings is 1.